The van der Waals surface area contributed by atoms with Gasteiger partial charge in [0, 0.05) is 32.2 Å². The highest BCUT2D eigenvalue weighted by molar-refractivity contribution is 5.95. The highest BCUT2D eigenvalue weighted by Crippen LogP contribution is 2.20. The lowest BCUT2D eigenvalue weighted by atomic mass is 10.1. The second-order valence-electron chi connectivity index (χ2n) is 7.75. The molecule has 2 aromatic rings. The summed E-state index contributed by atoms with van der Waals surface area (Å²) in [5, 5.41) is 7.48. The van der Waals surface area contributed by atoms with Crippen LogP contribution in [0.25, 0.3) is 5.69 Å². The van der Waals surface area contributed by atoms with Gasteiger partial charge < -0.3 is 10.2 Å². The van der Waals surface area contributed by atoms with E-state index in [-0.39, 0.29) is 11.8 Å². The van der Waals surface area contributed by atoms with E-state index in [1.807, 2.05) is 47.7 Å². The molecule has 1 aliphatic heterocycles. The van der Waals surface area contributed by atoms with Gasteiger partial charge in [-0.2, -0.15) is 5.10 Å². The third kappa shape index (κ3) is 3.94. The molecule has 1 saturated carbocycles. The first-order valence-corrected chi connectivity index (χ1v) is 9.94. The number of piperazine rings is 1. The normalized spacial score (nSPS) is 17.6. The maximum absolute atomic E-state index is 13.0. The Morgan fingerprint density at radius 1 is 1.11 bits per heavy atom. The number of hydrogen-bond acceptors (Lipinski definition) is 4. The Balaban J connectivity index is 1.38. The Bertz CT molecular complexity index is 879. The van der Waals surface area contributed by atoms with Crippen LogP contribution < -0.4 is 5.32 Å². The number of benzene rings is 1. The highest BCUT2D eigenvalue weighted by Gasteiger charge is 2.28. The summed E-state index contributed by atoms with van der Waals surface area (Å²) >= 11 is 0. The van der Waals surface area contributed by atoms with Gasteiger partial charge >= 0.3 is 0 Å². The molecule has 1 N–H and O–H groups in total. The Hall–Kier alpha value is -2.67. The van der Waals surface area contributed by atoms with Crippen molar-refractivity contribution in [2.75, 3.05) is 32.7 Å². The minimum Gasteiger partial charge on any atom is -0.352 e. The van der Waals surface area contributed by atoms with Crippen molar-refractivity contribution in [1.29, 1.82) is 0 Å². The molecule has 2 fully saturated rings. The maximum Gasteiger partial charge on any atom is 0.257 e. The van der Waals surface area contributed by atoms with Gasteiger partial charge in [0.05, 0.1) is 29.7 Å². The second-order valence-corrected chi connectivity index (χ2v) is 7.75. The summed E-state index contributed by atoms with van der Waals surface area (Å²) in [6, 6.07) is 8.41. The van der Waals surface area contributed by atoms with Crippen LogP contribution in [0.4, 0.5) is 0 Å². The molecule has 0 bridgehead atoms. The molecule has 0 radical (unpaired) electrons. The number of carbonyl (C=O) groups is 2. The van der Waals surface area contributed by atoms with Gasteiger partial charge in [-0.3, -0.25) is 14.5 Å². The summed E-state index contributed by atoms with van der Waals surface area (Å²) < 4.78 is 1.83. The summed E-state index contributed by atoms with van der Waals surface area (Å²) in [6.07, 6.45) is 3.87. The van der Waals surface area contributed by atoms with Gasteiger partial charge in [0.25, 0.3) is 5.91 Å². The number of nitrogens with zero attached hydrogens (tertiary/aromatic N) is 4. The van der Waals surface area contributed by atoms with Crippen LogP contribution in [0.15, 0.2) is 30.5 Å². The smallest absolute Gasteiger partial charge is 0.257 e. The molecule has 7 nitrogen and oxygen atoms in total. The van der Waals surface area contributed by atoms with Gasteiger partial charge in [0.2, 0.25) is 5.91 Å². The number of amides is 2. The van der Waals surface area contributed by atoms with Crippen molar-refractivity contribution in [3.05, 3.63) is 47.3 Å². The second kappa shape index (κ2) is 7.75. The van der Waals surface area contributed by atoms with Gasteiger partial charge in [-0.1, -0.05) is 18.2 Å². The van der Waals surface area contributed by atoms with Gasteiger partial charge in [0.15, 0.2) is 0 Å². The van der Waals surface area contributed by atoms with Crippen molar-refractivity contribution in [3.63, 3.8) is 0 Å². The maximum atomic E-state index is 13.0. The molecule has 2 aliphatic rings. The highest BCUT2D eigenvalue weighted by atomic mass is 16.2. The molecule has 0 spiro atoms. The average molecular weight is 381 g/mol. The van der Waals surface area contributed by atoms with Crippen LogP contribution in [-0.2, 0) is 4.79 Å². The topological polar surface area (TPSA) is 70.5 Å². The molecule has 4 rings (SSSR count). The minimum absolute atomic E-state index is 0.0133. The molecular formula is C21H27N5O2. The van der Waals surface area contributed by atoms with Crippen LogP contribution in [0.5, 0.6) is 0 Å². The van der Waals surface area contributed by atoms with Crippen LogP contribution in [0, 0.1) is 13.8 Å². The zero-order valence-electron chi connectivity index (χ0n) is 16.5. The van der Waals surface area contributed by atoms with E-state index in [0.717, 1.165) is 42.9 Å². The third-order valence-corrected chi connectivity index (χ3v) is 5.55. The summed E-state index contributed by atoms with van der Waals surface area (Å²) in [6.45, 7) is 7.09. The van der Waals surface area contributed by atoms with E-state index in [1.54, 1.807) is 6.20 Å². The van der Waals surface area contributed by atoms with E-state index < -0.39 is 0 Å². The number of aryl methyl sites for hydroxylation is 1. The lowest BCUT2D eigenvalue weighted by Gasteiger charge is -2.34. The van der Waals surface area contributed by atoms with Gasteiger partial charge in [-0.05, 0) is 38.3 Å². The van der Waals surface area contributed by atoms with Crippen molar-refractivity contribution < 1.29 is 9.59 Å². The van der Waals surface area contributed by atoms with Crippen LogP contribution in [0.3, 0.4) is 0 Å². The minimum atomic E-state index is 0.0133. The molecular weight excluding hydrogens is 354 g/mol. The Kier molecular flexibility index (Phi) is 5.17. The molecule has 148 valence electrons. The monoisotopic (exact) mass is 381 g/mol. The fourth-order valence-corrected chi connectivity index (χ4v) is 3.65. The fourth-order valence-electron chi connectivity index (χ4n) is 3.65. The summed E-state index contributed by atoms with van der Waals surface area (Å²) in [7, 11) is 0. The van der Waals surface area contributed by atoms with Crippen molar-refractivity contribution >= 4 is 11.8 Å². The van der Waals surface area contributed by atoms with Crippen LogP contribution in [0.2, 0.25) is 0 Å². The molecule has 0 unspecified atom stereocenters. The summed E-state index contributed by atoms with van der Waals surface area (Å²) in [5.41, 5.74) is 3.60. The number of carbonyl (C=O) groups excluding carboxylic acids is 2. The SMILES string of the molecule is Cc1ccccc1-n1ncc(C(=O)N2CCN(CC(=O)NC3CC3)CC2)c1C. The van der Waals surface area contributed by atoms with Crippen LogP contribution in [-0.4, -0.2) is 70.2 Å². The van der Waals surface area contributed by atoms with Gasteiger partial charge in [-0.25, -0.2) is 4.68 Å². The largest absolute Gasteiger partial charge is 0.352 e. The zero-order chi connectivity index (χ0) is 19.7. The number of aromatic nitrogens is 2. The molecule has 1 saturated heterocycles. The predicted molar refractivity (Wildman–Crippen MR) is 107 cm³/mol. The lowest BCUT2D eigenvalue weighted by molar-refractivity contribution is -0.122. The molecule has 2 amide bonds. The molecule has 1 aliphatic carbocycles. The lowest BCUT2D eigenvalue weighted by Crippen LogP contribution is -2.51. The van der Waals surface area contributed by atoms with E-state index in [9.17, 15) is 9.59 Å². The number of para-hydroxylation sites is 1. The fraction of sp³-hybridized carbons (Fsp3) is 0.476. The number of rotatable bonds is 5. The van der Waals surface area contributed by atoms with E-state index in [0.29, 0.717) is 31.2 Å². The van der Waals surface area contributed by atoms with Gasteiger partial charge in [-0.15, -0.1) is 0 Å². The van der Waals surface area contributed by atoms with Crippen LogP contribution >= 0.6 is 0 Å². The molecule has 1 aromatic carbocycles. The van der Waals surface area contributed by atoms with E-state index in [4.69, 9.17) is 0 Å². The van der Waals surface area contributed by atoms with Crippen molar-refractivity contribution in [2.45, 2.75) is 32.7 Å². The van der Waals surface area contributed by atoms with Crippen molar-refractivity contribution in [2.24, 2.45) is 0 Å². The first-order valence-electron chi connectivity index (χ1n) is 9.94. The van der Waals surface area contributed by atoms with E-state index in [1.165, 1.54) is 0 Å². The molecule has 1 aromatic heterocycles. The van der Waals surface area contributed by atoms with Crippen molar-refractivity contribution in [3.8, 4) is 5.69 Å². The summed E-state index contributed by atoms with van der Waals surface area (Å²) in [5.74, 6) is 0.108. The number of hydrogen-bond donors (Lipinski definition) is 1. The number of nitrogens with one attached hydrogen (secondary N) is 1. The first-order chi connectivity index (χ1) is 13.5. The van der Waals surface area contributed by atoms with Gasteiger partial charge in [0.1, 0.15) is 0 Å². The Morgan fingerprint density at radius 3 is 2.50 bits per heavy atom. The zero-order valence-corrected chi connectivity index (χ0v) is 16.5. The van der Waals surface area contributed by atoms with Crippen LogP contribution in [0.1, 0.15) is 34.5 Å². The molecule has 28 heavy (non-hydrogen) atoms. The average Bonchev–Trinajstić information content (AvgIpc) is 3.42. The predicted octanol–water partition coefficient (Wildman–Crippen LogP) is 1.53. The Labute approximate surface area is 165 Å². The van der Waals surface area contributed by atoms with Crippen molar-refractivity contribution in [1.82, 2.24) is 24.9 Å². The molecule has 0 atom stereocenters. The summed E-state index contributed by atoms with van der Waals surface area (Å²) in [4.78, 5) is 29.0. The first kappa shape index (κ1) is 18.7. The molecule has 7 heteroatoms. The standard InChI is InChI=1S/C21H27N5O2/c1-15-5-3-4-6-19(15)26-16(2)18(13-22-26)21(28)25-11-9-24(10-12-25)14-20(27)23-17-7-8-17/h3-6,13,17H,7-12,14H2,1-2H3,(H,23,27). The quantitative estimate of drug-likeness (QED) is 0.853. The third-order valence-electron chi connectivity index (χ3n) is 5.55. The molecule has 2 heterocycles. The van der Waals surface area contributed by atoms with E-state index >= 15 is 0 Å². The van der Waals surface area contributed by atoms with E-state index in [2.05, 4.69) is 15.3 Å². The Morgan fingerprint density at radius 2 is 1.82 bits per heavy atom.